The third kappa shape index (κ3) is 2.10. The van der Waals surface area contributed by atoms with E-state index in [9.17, 15) is 4.79 Å². The highest BCUT2D eigenvalue weighted by atomic mass is 32.1. The Labute approximate surface area is 104 Å². The van der Waals surface area contributed by atoms with Gasteiger partial charge in [-0.2, -0.15) is 0 Å². The lowest BCUT2D eigenvalue weighted by molar-refractivity contribution is -0.141. The SMILES string of the molecule is NC1(C(=O)N2CCOC(c3cccs3)C2)CC1. The summed E-state index contributed by atoms with van der Waals surface area (Å²) in [6, 6.07) is 4.06. The summed E-state index contributed by atoms with van der Waals surface area (Å²) in [6.07, 6.45) is 1.68. The van der Waals surface area contributed by atoms with Crippen LogP contribution in [0.15, 0.2) is 17.5 Å². The Morgan fingerprint density at radius 2 is 2.41 bits per heavy atom. The molecule has 4 nitrogen and oxygen atoms in total. The molecule has 1 aromatic rings. The van der Waals surface area contributed by atoms with E-state index >= 15 is 0 Å². The Morgan fingerprint density at radius 1 is 1.59 bits per heavy atom. The fourth-order valence-corrected chi connectivity index (χ4v) is 2.91. The van der Waals surface area contributed by atoms with Crippen LogP contribution in [0.25, 0.3) is 0 Å². The molecule has 0 radical (unpaired) electrons. The average Bonchev–Trinajstić information content (AvgIpc) is 2.91. The zero-order valence-corrected chi connectivity index (χ0v) is 10.4. The first-order valence-corrected chi connectivity index (χ1v) is 6.80. The number of ether oxygens (including phenoxy) is 1. The summed E-state index contributed by atoms with van der Waals surface area (Å²) >= 11 is 1.67. The lowest BCUT2D eigenvalue weighted by Gasteiger charge is -2.34. The van der Waals surface area contributed by atoms with Crippen LogP contribution in [0.5, 0.6) is 0 Å². The molecular weight excluding hydrogens is 236 g/mol. The monoisotopic (exact) mass is 252 g/mol. The Balaban J connectivity index is 1.69. The van der Waals surface area contributed by atoms with Crippen LogP contribution in [0.2, 0.25) is 0 Å². The van der Waals surface area contributed by atoms with Gasteiger partial charge in [0, 0.05) is 11.4 Å². The molecule has 0 spiro atoms. The minimum absolute atomic E-state index is 0.0232. The van der Waals surface area contributed by atoms with Crippen LogP contribution in [0.1, 0.15) is 23.8 Å². The first kappa shape index (κ1) is 11.2. The van der Waals surface area contributed by atoms with Crippen LogP contribution in [0.4, 0.5) is 0 Å². The highest BCUT2D eigenvalue weighted by Crippen LogP contribution is 2.35. The van der Waals surface area contributed by atoms with E-state index in [1.54, 1.807) is 11.3 Å². The molecule has 1 aromatic heterocycles. The minimum atomic E-state index is -0.558. The van der Waals surface area contributed by atoms with Crippen molar-refractivity contribution in [2.75, 3.05) is 19.7 Å². The quantitative estimate of drug-likeness (QED) is 0.858. The van der Waals surface area contributed by atoms with Gasteiger partial charge in [-0.05, 0) is 24.3 Å². The second kappa shape index (κ2) is 4.08. The van der Waals surface area contributed by atoms with Crippen LogP contribution in [0, 0.1) is 0 Å². The van der Waals surface area contributed by atoms with Gasteiger partial charge in [-0.25, -0.2) is 0 Å². The van der Waals surface area contributed by atoms with Crippen molar-refractivity contribution in [1.29, 1.82) is 0 Å². The van der Waals surface area contributed by atoms with Gasteiger partial charge in [-0.3, -0.25) is 4.79 Å². The van der Waals surface area contributed by atoms with E-state index in [4.69, 9.17) is 10.5 Å². The average molecular weight is 252 g/mol. The van der Waals surface area contributed by atoms with Crippen molar-refractivity contribution in [3.63, 3.8) is 0 Å². The normalized spacial score (nSPS) is 26.9. The molecule has 1 amide bonds. The smallest absolute Gasteiger partial charge is 0.242 e. The van der Waals surface area contributed by atoms with E-state index in [1.165, 1.54) is 4.88 Å². The Kier molecular flexibility index (Phi) is 2.69. The Morgan fingerprint density at radius 3 is 3.06 bits per heavy atom. The molecule has 1 saturated heterocycles. The molecule has 0 bridgehead atoms. The van der Waals surface area contributed by atoms with Gasteiger partial charge >= 0.3 is 0 Å². The van der Waals surface area contributed by atoms with Crippen molar-refractivity contribution in [1.82, 2.24) is 4.90 Å². The topological polar surface area (TPSA) is 55.6 Å². The Hall–Kier alpha value is -0.910. The summed E-state index contributed by atoms with van der Waals surface area (Å²) in [6.45, 7) is 1.91. The molecule has 5 heteroatoms. The van der Waals surface area contributed by atoms with E-state index in [-0.39, 0.29) is 12.0 Å². The third-order valence-electron chi connectivity index (χ3n) is 3.43. The van der Waals surface area contributed by atoms with E-state index in [0.29, 0.717) is 19.7 Å². The lowest BCUT2D eigenvalue weighted by Crippen LogP contribution is -2.50. The molecule has 92 valence electrons. The van der Waals surface area contributed by atoms with Gasteiger partial charge in [0.2, 0.25) is 5.91 Å². The van der Waals surface area contributed by atoms with Gasteiger partial charge in [0.05, 0.1) is 18.7 Å². The van der Waals surface area contributed by atoms with Crippen molar-refractivity contribution in [3.8, 4) is 0 Å². The number of nitrogens with two attached hydrogens (primary N) is 1. The zero-order chi connectivity index (χ0) is 11.9. The Bertz CT molecular complexity index is 414. The molecule has 3 rings (SSSR count). The highest BCUT2D eigenvalue weighted by molar-refractivity contribution is 7.10. The molecule has 17 heavy (non-hydrogen) atoms. The summed E-state index contributed by atoms with van der Waals surface area (Å²) in [5.74, 6) is 0.0994. The van der Waals surface area contributed by atoms with Gasteiger partial charge in [0.1, 0.15) is 6.10 Å². The summed E-state index contributed by atoms with van der Waals surface area (Å²) in [4.78, 5) is 15.2. The van der Waals surface area contributed by atoms with Gasteiger partial charge in [-0.1, -0.05) is 6.07 Å². The number of rotatable bonds is 2. The minimum Gasteiger partial charge on any atom is -0.369 e. The van der Waals surface area contributed by atoms with E-state index in [0.717, 1.165) is 12.8 Å². The second-order valence-corrected chi connectivity index (χ2v) is 5.76. The number of carbonyl (C=O) groups is 1. The molecule has 1 aliphatic carbocycles. The fraction of sp³-hybridized carbons (Fsp3) is 0.583. The van der Waals surface area contributed by atoms with Crippen molar-refractivity contribution >= 4 is 17.2 Å². The van der Waals surface area contributed by atoms with Crippen LogP contribution >= 0.6 is 11.3 Å². The molecule has 1 aliphatic heterocycles. The van der Waals surface area contributed by atoms with E-state index in [1.807, 2.05) is 16.3 Å². The van der Waals surface area contributed by atoms with E-state index < -0.39 is 5.54 Å². The summed E-state index contributed by atoms with van der Waals surface area (Å²) in [7, 11) is 0. The maximum atomic E-state index is 12.1. The maximum Gasteiger partial charge on any atom is 0.242 e. The number of amides is 1. The molecule has 2 heterocycles. The molecular formula is C12H16N2O2S. The number of nitrogens with zero attached hydrogens (tertiary/aromatic N) is 1. The number of hydrogen-bond donors (Lipinski definition) is 1. The van der Waals surface area contributed by atoms with Crippen molar-refractivity contribution < 1.29 is 9.53 Å². The number of morpholine rings is 1. The van der Waals surface area contributed by atoms with Crippen molar-refractivity contribution in [2.45, 2.75) is 24.5 Å². The zero-order valence-electron chi connectivity index (χ0n) is 9.59. The van der Waals surface area contributed by atoms with Gasteiger partial charge in [0.15, 0.2) is 0 Å². The van der Waals surface area contributed by atoms with Gasteiger partial charge in [-0.15, -0.1) is 11.3 Å². The standard InChI is InChI=1S/C12H16N2O2S/c13-12(3-4-12)11(15)14-5-6-16-9(8-14)10-2-1-7-17-10/h1-2,7,9H,3-6,8,13H2. The molecule has 0 aromatic carbocycles. The first-order valence-electron chi connectivity index (χ1n) is 5.92. The predicted molar refractivity (Wildman–Crippen MR) is 65.7 cm³/mol. The van der Waals surface area contributed by atoms with Gasteiger partial charge in [0.25, 0.3) is 0 Å². The number of carbonyl (C=O) groups excluding carboxylic acids is 1. The lowest BCUT2D eigenvalue weighted by atomic mass is 10.2. The molecule has 2 N–H and O–H groups in total. The van der Waals surface area contributed by atoms with Crippen molar-refractivity contribution in [3.05, 3.63) is 22.4 Å². The van der Waals surface area contributed by atoms with Crippen molar-refractivity contribution in [2.24, 2.45) is 5.73 Å². The molecule has 1 unspecified atom stereocenters. The number of hydrogen-bond acceptors (Lipinski definition) is 4. The third-order valence-corrected chi connectivity index (χ3v) is 4.39. The van der Waals surface area contributed by atoms with Crippen LogP contribution in [0.3, 0.4) is 0 Å². The second-order valence-electron chi connectivity index (χ2n) is 4.78. The molecule has 2 fully saturated rings. The summed E-state index contributed by atoms with van der Waals surface area (Å²) < 4.78 is 5.71. The maximum absolute atomic E-state index is 12.1. The molecule has 1 atom stereocenters. The van der Waals surface area contributed by atoms with E-state index in [2.05, 4.69) is 6.07 Å². The number of thiophene rings is 1. The molecule has 2 aliphatic rings. The van der Waals surface area contributed by atoms with Crippen LogP contribution < -0.4 is 5.73 Å². The highest BCUT2D eigenvalue weighted by Gasteiger charge is 2.48. The first-order chi connectivity index (χ1) is 8.19. The predicted octanol–water partition coefficient (Wildman–Crippen LogP) is 1.14. The van der Waals surface area contributed by atoms with Crippen LogP contribution in [-0.4, -0.2) is 36.0 Å². The van der Waals surface area contributed by atoms with Gasteiger partial charge < -0.3 is 15.4 Å². The largest absolute Gasteiger partial charge is 0.369 e. The molecule has 1 saturated carbocycles. The fourth-order valence-electron chi connectivity index (χ4n) is 2.14. The summed E-state index contributed by atoms with van der Waals surface area (Å²) in [5, 5.41) is 2.03. The summed E-state index contributed by atoms with van der Waals surface area (Å²) in [5.41, 5.74) is 5.40. The van der Waals surface area contributed by atoms with Crippen LogP contribution in [-0.2, 0) is 9.53 Å².